The highest BCUT2D eigenvalue weighted by Gasteiger charge is 2.37. The normalized spacial score (nSPS) is 19.7. The Morgan fingerprint density at radius 1 is 1.56 bits per heavy atom. The van der Waals surface area contributed by atoms with Gasteiger partial charge in [-0.25, -0.2) is 4.79 Å². The highest BCUT2D eigenvalue weighted by atomic mass is 32.1. The molecule has 0 bridgehead atoms. The van der Waals surface area contributed by atoms with Crippen molar-refractivity contribution in [3.8, 4) is 0 Å². The zero-order valence-corrected chi connectivity index (χ0v) is 9.21. The molecule has 1 unspecified atom stereocenters. The molecular formula is C10H8O5S. The molecular weight excluding hydrogens is 232 g/mol. The molecule has 0 aliphatic carbocycles. The quantitative estimate of drug-likeness (QED) is 0.571. The number of thiophene rings is 1. The number of hydrogen-bond donors (Lipinski definition) is 0. The van der Waals surface area contributed by atoms with Crippen LogP contribution in [0, 0.1) is 0 Å². The van der Waals surface area contributed by atoms with Crippen molar-refractivity contribution >= 4 is 29.2 Å². The lowest BCUT2D eigenvalue weighted by Gasteiger charge is -2.04. The zero-order valence-electron chi connectivity index (χ0n) is 8.39. The number of methoxy groups -OCH3 is 1. The minimum absolute atomic E-state index is 0.0143. The van der Waals surface area contributed by atoms with Crippen LogP contribution in [-0.2, 0) is 19.1 Å². The summed E-state index contributed by atoms with van der Waals surface area (Å²) in [5.74, 6) is -2.34. The van der Waals surface area contributed by atoms with E-state index >= 15 is 0 Å². The fraction of sp³-hybridized carbons (Fsp3) is 0.300. The van der Waals surface area contributed by atoms with Crippen molar-refractivity contribution in [2.75, 3.05) is 7.11 Å². The number of ether oxygens (including phenoxy) is 2. The third-order valence-corrected chi connectivity index (χ3v) is 3.22. The molecule has 0 spiro atoms. The van der Waals surface area contributed by atoms with Gasteiger partial charge in [-0.1, -0.05) is 0 Å². The van der Waals surface area contributed by atoms with E-state index in [1.165, 1.54) is 18.4 Å². The summed E-state index contributed by atoms with van der Waals surface area (Å²) in [6, 6.07) is 1.64. The van der Waals surface area contributed by atoms with Gasteiger partial charge in [0, 0.05) is 0 Å². The van der Waals surface area contributed by atoms with Crippen LogP contribution in [0.3, 0.4) is 0 Å². The molecule has 6 heteroatoms. The first-order valence-corrected chi connectivity index (χ1v) is 5.41. The molecule has 84 valence electrons. The summed E-state index contributed by atoms with van der Waals surface area (Å²) in [5.41, 5.74) is 0.507. The number of carbonyl (C=O) groups is 3. The standard InChI is InChI=1S/C10H8O5S/c1-14-10(13)8-5(2-3-16-8)6-4-7(11)15-9(6)12/h2-3,6H,4H2,1H3. The number of carbonyl (C=O) groups excluding carboxylic acids is 3. The average Bonchev–Trinajstić information content (AvgIpc) is 2.83. The fourth-order valence-corrected chi connectivity index (χ4v) is 2.44. The SMILES string of the molecule is COC(=O)c1sccc1C1CC(=O)OC1=O. The molecule has 1 atom stereocenters. The fourth-order valence-electron chi connectivity index (χ4n) is 1.56. The van der Waals surface area contributed by atoms with Gasteiger partial charge in [-0.3, -0.25) is 9.59 Å². The monoisotopic (exact) mass is 240 g/mol. The van der Waals surface area contributed by atoms with Gasteiger partial charge < -0.3 is 9.47 Å². The van der Waals surface area contributed by atoms with Crippen LogP contribution in [-0.4, -0.2) is 25.0 Å². The van der Waals surface area contributed by atoms with Crippen molar-refractivity contribution in [2.45, 2.75) is 12.3 Å². The lowest BCUT2D eigenvalue weighted by molar-refractivity contribution is -0.152. The largest absolute Gasteiger partial charge is 0.465 e. The molecule has 1 aliphatic rings. The molecule has 1 aliphatic heterocycles. The molecule has 1 fully saturated rings. The third kappa shape index (κ3) is 1.71. The first kappa shape index (κ1) is 10.8. The molecule has 1 aromatic rings. The second-order valence-electron chi connectivity index (χ2n) is 3.25. The van der Waals surface area contributed by atoms with Crippen LogP contribution in [0.15, 0.2) is 11.4 Å². The minimum Gasteiger partial charge on any atom is -0.465 e. The maximum absolute atomic E-state index is 11.4. The van der Waals surface area contributed by atoms with Crippen LogP contribution < -0.4 is 0 Å². The maximum Gasteiger partial charge on any atom is 0.348 e. The highest BCUT2D eigenvalue weighted by molar-refractivity contribution is 7.12. The van der Waals surface area contributed by atoms with E-state index < -0.39 is 23.8 Å². The van der Waals surface area contributed by atoms with Gasteiger partial charge in [0.2, 0.25) is 0 Å². The van der Waals surface area contributed by atoms with Crippen LogP contribution in [0.2, 0.25) is 0 Å². The zero-order chi connectivity index (χ0) is 11.7. The van der Waals surface area contributed by atoms with E-state index in [2.05, 4.69) is 9.47 Å². The van der Waals surface area contributed by atoms with Crippen molar-refractivity contribution in [3.63, 3.8) is 0 Å². The van der Waals surface area contributed by atoms with Gasteiger partial charge in [-0.05, 0) is 17.0 Å². The Kier molecular flexibility index (Phi) is 2.74. The smallest absolute Gasteiger partial charge is 0.348 e. The number of rotatable bonds is 2. The lowest BCUT2D eigenvalue weighted by atomic mass is 9.98. The Morgan fingerprint density at radius 2 is 2.31 bits per heavy atom. The first-order chi connectivity index (χ1) is 7.63. The Balaban J connectivity index is 2.34. The molecule has 1 aromatic heterocycles. The third-order valence-electron chi connectivity index (χ3n) is 2.31. The average molecular weight is 240 g/mol. The van der Waals surface area contributed by atoms with Gasteiger partial charge in [0.1, 0.15) is 4.88 Å². The van der Waals surface area contributed by atoms with Gasteiger partial charge in [0.15, 0.2) is 0 Å². The van der Waals surface area contributed by atoms with E-state index in [1.807, 2.05) is 0 Å². The molecule has 1 saturated heterocycles. The Morgan fingerprint density at radius 3 is 2.88 bits per heavy atom. The van der Waals surface area contributed by atoms with Crippen molar-refractivity contribution < 1.29 is 23.9 Å². The molecule has 0 aromatic carbocycles. The van der Waals surface area contributed by atoms with Crippen molar-refractivity contribution in [3.05, 3.63) is 21.9 Å². The van der Waals surface area contributed by atoms with Crippen LogP contribution in [0.1, 0.15) is 27.6 Å². The summed E-state index contributed by atoms with van der Waals surface area (Å²) in [7, 11) is 1.27. The van der Waals surface area contributed by atoms with E-state index in [-0.39, 0.29) is 6.42 Å². The van der Waals surface area contributed by atoms with Gasteiger partial charge in [0.25, 0.3) is 0 Å². The Bertz CT molecular complexity index is 462. The summed E-state index contributed by atoms with van der Waals surface area (Å²) < 4.78 is 9.03. The second-order valence-corrected chi connectivity index (χ2v) is 4.16. The second kappa shape index (κ2) is 4.05. The topological polar surface area (TPSA) is 69.7 Å². The molecule has 0 radical (unpaired) electrons. The van der Waals surface area contributed by atoms with Gasteiger partial charge in [-0.15, -0.1) is 11.3 Å². The molecule has 0 saturated carbocycles. The molecule has 5 nitrogen and oxygen atoms in total. The predicted molar refractivity (Wildman–Crippen MR) is 54.1 cm³/mol. The van der Waals surface area contributed by atoms with Gasteiger partial charge in [-0.2, -0.15) is 0 Å². The van der Waals surface area contributed by atoms with Gasteiger partial charge in [0.05, 0.1) is 19.4 Å². The summed E-state index contributed by atoms with van der Waals surface area (Å²) in [5, 5.41) is 1.68. The summed E-state index contributed by atoms with van der Waals surface area (Å²) in [6.07, 6.45) is -0.0143. The summed E-state index contributed by atoms with van der Waals surface area (Å²) in [4.78, 5) is 34.0. The van der Waals surface area contributed by atoms with E-state index in [1.54, 1.807) is 11.4 Å². The van der Waals surface area contributed by atoms with Crippen LogP contribution in [0.25, 0.3) is 0 Å². The van der Waals surface area contributed by atoms with Crippen molar-refractivity contribution in [1.29, 1.82) is 0 Å². The summed E-state index contributed by atoms with van der Waals surface area (Å²) in [6.45, 7) is 0. The Hall–Kier alpha value is -1.69. The van der Waals surface area contributed by atoms with Crippen molar-refractivity contribution in [2.24, 2.45) is 0 Å². The van der Waals surface area contributed by atoms with Crippen LogP contribution >= 0.6 is 11.3 Å². The molecule has 2 heterocycles. The number of hydrogen-bond acceptors (Lipinski definition) is 6. The lowest BCUT2D eigenvalue weighted by Crippen LogP contribution is -2.10. The predicted octanol–water partition coefficient (Wildman–Crippen LogP) is 1.09. The number of cyclic esters (lactones) is 2. The summed E-state index contributed by atoms with van der Waals surface area (Å²) >= 11 is 1.18. The molecule has 0 amide bonds. The minimum atomic E-state index is -0.673. The first-order valence-electron chi connectivity index (χ1n) is 4.53. The van der Waals surface area contributed by atoms with Gasteiger partial charge >= 0.3 is 17.9 Å². The van der Waals surface area contributed by atoms with E-state index in [4.69, 9.17) is 0 Å². The van der Waals surface area contributed by atoms with E-state index in [9.17, 15) is 14.4 Å². The van der Waals surface area contributed by atoms with E-state index in [0.29, 0.717) is 10.4 Å². The highest BCUT2D eigenvalue weighted by Crippen LogP contribution is 2.32. The number of esters is 3. The molecule has 0 N–H and O–H groups in total. The molecule has 16 heavy (non-hydrogen) atoms. The maximum atomic E-state index is 11.4. The molecule has 2 rings (SSSR count). The van der Waals surface area contributed by atoms with Crippen molar-refractivity contribution in [1.82, 2.24) is 0 Å². The Labute approximate surface area is 95.0 Å². The van der Waals surface area contributed by atoms with E-state index in [0.717, 1.165) is 0 Å². The van der Waals surface area contributed by atoms with Crippen LogP contribution in [0.4, 0.5) is 0 Å². The van der Waals surface area contributed by atoms with Crippen LogP contribution in [0.5, 0.6) is 0 Å².